The summed E-state index contributed by atoms with van der Waals surface area (Å²) in [5, 5.41) is 3.29. The van der Waals surface area contributed by atoms with Crippen LogP contribution in [0.5, 0.6) is 5.75 Å². The van der Waals surface area contributed by atoms with E-state index in [2.05, 4.69) is 19.2 Å². The van der Waals surface area contributed by atoms with E-state index in [1.54, 1.807) is 0 Å². The molecule has 2 rings (SSSR count). The Balaban J connectivity index is 2.37. The molecule has 0 unspecified atom stereocenters. The average Bonchev–Trinajstić information content (AvgIpc) is 2.05. The maximum absolute atomic E-state index is 5.76. The molecule has 0 saturated heterocycles. The van der Waals surface area contributed by atoms with Crippen molar-refractivity contribution in [3.8, 4) is 5.75 Å². The zero-order valence-corrected chi connectivity index (χ0v) is 7.92. The maximum atomic E-state index is 5.76. The Bertz CT molecular complexity index is 334. The molecule has 3 nitrogen and oxygen atoms in total. The van der Waals surface area contributed by atoms with Gasteiger partial charge in [0.15, 0.2) is 0 Å². The van der Waals surface area contributed by atoms with Crippen molar-refractivity contribution in [2.75, 3.05) is 17.6 Å². The lowest BCUT2D eigenvalue weighted by molar-refractivity contribution is 0.116. The minimum atomic E-state index is -0.136. The van der Waals surface area contributed by atoms with Gasteiger partial charge in [-0.1, -0.05) is 0 Å². The van der Waals surface area contributed by atoms with Gasteiger partial charge in [0.05, 0.1) is 12.2 Å². The largest absolute Gasteiger partial charge is 0.484 e. The first-order valence-electron chi connectivity index (χ1n) is 4.39. The van der Waals surface area contributed by atoms with Crippen molar-refractivity contribution in [2.24, 2.45) is 0 Å². The van der Waals surface area contributed by atoms with E-state index in [1.165, 1.54) is 0 Å². The van der Waals surface area contributed by atoms with Gasteiger partial charge in [-0.2, -0.15) is 0 Å². The van der Waals surface area contributed by atoms with Crippen LogP contribution in [0.3, 0.4) is 0 Å². The first kappa shape index (κ1) is 8.23. The van der Waals surface area contributed by atoms with Gasteiger partial charge < -0.3 is 15.8 Å². The molecule has 0 fully saturated rings. The molecule has 1 aliphatic rings. The second kappa shape index (κ2) is 2.55. The van der Waals surface area contributed by atoms with Crippen molar-refractivity contribution in [1.82, 2.24) is 0 Å². The van der Waals surface area contributed by atoms with Crippen LogP contribution in [-0.2, 0) is 0 Å². The summed E-state index contributed by atoms with van der Waals surface area (Å²) in [6.07, 6.45) is 0. The van der Waals surface area contributed by atoms with E-state index in [4.69, 9.17) is 10.5 Å². The third kappa shape index (κ3) is 1.54. The average molecular weight is 178 g/mol. The summed E-state index contributed by atoms with van der Waals surface area (Å²) in [4.78, 5) is 0. The monoisotopic (exact) mass is 178 g/mol. The van der Waals surface area contributed by atoms with Gasteiger partial charge in [0.2, 0.25) is 0 Å². The van der Waals surface area contributed by atoms with E-state index >= 15 is 0 Å². The third-order valence-electron chi connectivity index (χ3n) is 2.09. The van der Waals surface area contributed by atoms with Crippen molar-refractivity contribution in [2.45, 2.75) is 19.4 Å². The second-order valence-electron chi connectivity index (χ2n) is 3.97. The van der Waals surface area contributed by atoms with Crippen LogP contribution in [0.1, 0.15) is 13.8 Å². The molecule has 0 radical (unpaired) electrons. The fourth-order valence-corrected chi connectivity index (χ4v) is 1.42. The molecule has 3 N–H and O–H groups in total. The van der Waals surface area contributed by atoms with E-state index in [-0.39, 0.29) is 5.60 Å². The molecule has 0 aromatic heterocycles. The third-order valence-corrected chi connectivity index (χ3v) is 2.09. The van der Waals surface area contributed by atoms with Crippen LogP contribution in [0.15, 0.2) is 18.2 Å². The van der Waals surface area contributed by atoms with Gasteiger partial charge in [-0.25, -0.2) is 0 Å². The molecule has 1 heterocycles. The summed E-state index contributed by atoms with van der Waals surface area (Å²) in [7, 11) is 0. The molecular formula is C10H14N2O. The summed E-state index contributed by atoms with van der Waals surface area (Å²) >= 11 is 0. The zero-order chi connectivity index (χ0) is 9.47. The van der Waals surface area contributed by atoms with Crippen LogP contribution in [0.4, 0.5) is 11.4 Å². The maximum Gasteiger partial charge on any atom is 0.143 e. The van der Waals surface area contributed by atoms with Crippen molar-refractivity contribution in [3.05, 3.63) is 18.2 Å². The highest BCUT2D eigenvalue weighted by atomic mass is 16.5. The number of rotatable bonds is 0. The Kier molecular flexibility index (Phi) is 1.62. The smallest absolute Gasteiger partial charge is 0.143 e. The standard InChI is InChI=1S/C10H14N2O/c1-10(2)6-12-8-5-7(11)3-4-9(8)13-10/h3-5,12H,6,11H2,1-2H3. The van der Waals surface area contributed by atoms with Crippen LogP contribution >= 0.6 is 0 Å². The highest BCUT2D eigenvalue weighted by Crippen LogP contribution is 2.33. The summed E-state index contributed by atoms with van der Waals surface area (Å²) in [6, 6.07) is 5.64. The highest BCUT2D eigenvalue weighted by Gasteiger charge is 2.25. The number of fused-ring (bicyclic) bond motifs is 1. The second-order valence-corrected chi connectivity index (χ2v) is 3.97. The zero-order valence-electron chi connectivity index (χ0n) is 7.92. The first-order chi connectivity index (χ1) is 6.07. The molecule has 0 atom stereocenters. The fourth-order valence-electron chi connectivity index (χ4n) is 1.42. The Hall–Kier alpha value is -1.38. The molecule has 1 aromatic carbocycles. The Labute approximate surface area is 77.9 Å². The molecular weight excluding hydrogens is 164 g/mol. The van der Waals surface area contributed by atoms with Gasteiger partial charge >= 0.3 is 0 Å². The Morgan fingerprint density at radius 2 is 2.23 bits per heavy atom. The van der Waals surface area contributed by atoms with Crippen LogP contribution in [0.2, 0.25) is 0 Å². The van der Waals surface area contributed by atoms with Crippen molar-refractivity contribution in [1.29, 1.82) is 0 Å². The molecule has 3 heteroatoms. The Morgan fingerprint density at radius 3 is 3.00 bits per heavy atom. The van der Waals surface area contributed by atoms with Gasteiger partial charge in [-0.3, -0.25) is 0 Å². The van der Waals surface area contributed by atoms with E-state index in [9.17, 15) is 0 Å². The molecule has 0 spiro atoms. The quantitative estimate of drug-likeness (QED) is 0.596. The van der Waals surface area contributed by atoms with Crippen molar-refractivity contribution in [3.63, 3.8) is 0 Å². The van der Waals surface area contributed by atoms with Crippen LogP contribution in [-0.4, -0.2) is 12.1 Å². The molecule has 0 amide bonds. The lowest BCUT2D eigenvalue weighted by Crippen LogP contribution is -2.39. The van der Waals surface area contributed by atoms with Crippen LogP contribution in [0, 0.1) is 0 Å². The number of ether oxygens (including phenoxy) is 1. The van der Waals surface area contributed by atoms with Crippen molar-refractivity contribution < 1.29 is 4.74 Å². The number of nitrogens with two attached hydrogens (primary N) is 1. The molecule has 0 saturated carbocycles. The number of hydrogen-bond donors (Lipinski definition) is 2. The van der Waals surface area contributed by atoms with Crippen molar-refractivity contribution >= 4 is 11.4 Å². The predicted molar refractivity (Wildman–Crippen MR) is 54.1 cm³/mol. The van der Waals surface area contributed by atoms with E-state index in [0.717, 1.165) is 23.7 Å². The molecule has 0 aliphatic carbocycles. The molecule has 1 aliphatic heterocycles. The number of anilines is 2. The number of nitrogens with one attached hydrogen (secondary N) is 1. The lowest BCUT2D eigenvalue weighted by Gasteiger charge is -2.33. The summed E-state index contributed by atoms with van der Waals surface area (Å²) in [6.45, 7) is 4.92. The SMILES string of the molecule is CC1(C)CNc2cc(N)ccc2O1. The number of benzene rings is 1. The number of hydrogen-bond acceptors (Lipinski definition) is 3. The van der Waals surface area contributed by atoms with E-state index in [1.807, 2.05) is 18.2 Å². The lowest BCUT2D eigenvalue weighted by atomic mass is 10.1. The first-order valence-corrected chi connectivity index (χ1v) is 4.39. The van der Waals surface area contributed by atoms with Gasteiger partial charge in [0, 0.05) is 5.69 Å². The van der Waals surface area contributed by atoms with E-state index < -0.39 is 0 Å². The topological polar surface area (TPSA) is 47.3 Å². The highest BCUT2D eigenvalue weighted by molar-refractivity contribution is 5.64. The van der Waals surface area contributed by atoms with Gasteiger partial charge in [-0.05, 0) is 32.0 Å². The summed E-state index contributed by atoms with van der Waals surface area (Å²) in [5.74, 6) is 0.880. The van der Waals surface area contributed by atoms with Crippen LogP contribution in [0.25, 0.3) is 0 Å². The minimum absolute atomic E-state index is 0.136. The summed E-state index contributed by atoms with van der Waals surface area (Å²) < 4.78 is 5.76. The normalized spacial score (nSPS) is 18.3. The minimum Gasteiger partial charge on any atom is -0.484 e. The van der Waals surface area contributed by atoms with Crippen LogP contribution < -0.4 is 15.8 Å². The molecule has 1 aromatic rings. The van der Waals surface area contributed by atoms with Gasteiger partial charge in [-0.15, -0.1) is 0 Å². The molecule has 13 heavy (non-hydrogen) atoms. The molecule has 0 bridgehead atoms. The fraction of sp³-hybridized carbons (Fsp3) is 0.400. The van der Waals surface area contributed by atoms with E-state index in [0.29, 0.717) is 0 Å². The Morgan fingerprint density at radius 1 is 1.46 bits per heavy atom. The predicted octanol–water partition coefficient (Wildman–Crippen LogP) is 1.85. The number of nitrogen functional groups attached to an aromatic ring is 1. The molecule has 70 valence electrons. The summed E-state index contributed by atoms with van der Waals surface area (Å²) in [5.41, 5.74) is 7.26. The van der Waals surface area contributed by atoms with Gasteiger partial charge in [0.25, 0.3) is 0 Å². The van der Waals surface area contributed by atoms with Gasteiger partial charge in [0.1, 0.15) is 11.4 Å².